The van der Waals surface area contributed by atoms with Crippen LogP contribution in [0.5, 0.6) is 0 Å². The highest BCUT2D eigenvalue weighted by Crippen LogP contribution is 2.30. The highest BCUT2D eigenvalue weighted by molar-refractivity contribution is 7.93. The quantitative estimate of drug-likeness (QED) is 0.234. The minimum absolute atomic E-state index is 0.0332. The molecular weight excluding hydrogens is 558 g/mol. The zero-order valence-corrected chi connectivity index (χ0v) is 23.0. The molecular formula is C26H25N5O7S2. The minimum Gasteiger partial charge on any atom is -0.324 e. The molecule has 40 heavy (non-hydrogen) atoms. The van der Waals surface area contributed by atoms with E-state index in [2.05, 4.69) is 14.8 Å². The van der Waals surface area contributed by atoms with Crippen LogP contribution in [0.2, 0.25) is 0 Å². The van der Waals surface area contributed by atoms with Crippen LogP contribution in [0, 0.1) is 13.8 Å². The maximum atomic E-state index is 13.1. The van der Waals surface area contributed by atoms with Crippen LogP contribution in [0.25, 0.3) is 0 Å². The third-order valence-electron chi connectivity index (χ3n) is 5.67. The van der Waals surface area contributed by atoms with Gasteiger partial charge in [0.15, 0.2) is 0 Å². The smallest absolute Gasteiger partial charge is 0.324 e. The highest BCUT2D eigenvalue weighted by Gasteiger charge is 2.21. The van der Waals surface area contributed by atoms with Gasteiger partial charge in [-0.2, -0.15) is 0 Å². The number of sulfonamides is 2. The number of aromatic nitrogens is 2. The summed E-state index contributed by atoms with van der Waals surface area (Å²) in [6, 6.07) is 17.1. The maximum absolute atomic E-state index is 13.1. The van der Waals surface area contributed by atoms with Gasteiger partial charge in [-0.1, -0.05) is 35.4 Å². The van der Waals surface area contributed by atoms with E-state index in [1.54, 1.807) is 31.2 Å². The summed E-state index contributed by atoms with van der Waals surface area (Å²) in [6.45, 7) is 3.17. The van der Waals surface area contributed by atoms with E-state index in [9.17, 15) is 31.2 Å². The lowest BCUT2D eigenvalue weighted by Crippen LogP contribution is -2.32. The molecule has 1 aromatic heterocycles. The van der Waals surface area contributed by atoms with Crippen LogP contribution in [0.15, 0.2) is 98.4 Å². The average molecular weight is 584 g/mol. The molecule has 208 valence electrons. The molecule has 0 saturated heterocycles. The molecule has 0 bridgehead atoms. The molecule has 1 heterocycles. The molecule has 0 saturated carbocycles. The van der Waals surface area contributed by atoms with Crippen LogP contribution in [0.1, 0.15) is 11.1 Å². The summed E-state index contributed by atoms with van der Waals surface area (Å²) in [7, 11) is -8.26. The first-order chi connectivity index (χ1) is 18.8. The lowest BCUT2D eigenvalue weighted by Gasteiger charge is -2.17. The van der Waals surface area contributed by atoms with E-state index in [-0.39, 0.29) is 26.9 Å². The second-order valence-electron chi connectivity index (χ2n) is 8.88. The van der Waals surface area contributed by atoms with Crippen molar-refractivity contribution in [2.24, 2.45) is 0 Å². The number of benzene rings is 3. The third-order valence-corrected chi connectivity index (χ3v) is 8.43. The average Bonchev–Trinajstić information content (AvgIpc) is 2.87. The Morgan fingerprint density at radius 1 is 0.750 bits per heavy atom. The Morgan fingerprint density at radius 3 is 1.80 bits per heavy atom. The molecule has 0 aliphatic heterocycles. The minimum atomic E-state index is -4.16. The van der Waals surface area contributed by atoms with Crippen LogP contribution >= 0.6 is 0 Å². The number of anilines is 3. The van der Waals surface area contributed by atoms with Crippen LogP contribution < -0.4 is 26.0 Å². The first-order valence-electron chi connectivity index (χ1n) is 11.7. The largest absolute Gasteiger partial charge is 0.328 e. The van der Waals surface area contributed by atoms with Gasteiger partial charge in [0.1, 0.15) is 6.54 Å². The fourth-order valence-corrected chi connectivity index (χ4v) is 5.71. The number of hydrogen-bond acceptors (Lipinski definition) is 7. The van der Waals surface area contributed by atoms with E-state index in [0.29, 0.717) is 0 Å². The van der Waals surface area contributed by atoms with E-state index in [4.69, 9.17) is 0 Å². The zero-order chi connectivity index (χ0) is 29.1. The van der Waals surface area contributed by atoms with E-state index < -0.39 is 43.7 Å². The first kappa shape index (κ1) is 28.3. The van der Waals surface area contributed by atoms with E-state index in [0.717, 1.165) is 28.0 Å². The number of aromatic amines is 1. The molecule has 4 aromatic rings. The zero-order valence-electron chi connectivity index (χ0n) is 21.3. The van der Waals surface area contributed by atoms with Gasteiger partial charge >= 0.3 is 5.69 Å². The van der Waals surface area contributed by atoms with Crippen molar-refractivity contribution < 1.29 is 21.6 Å². The molecule has 0 radical (unpaired) electrons. The molecule has 0 fully saturated rings. The first-order valence-corrected chi connectivity index (χ1v) is 14.7. The van der Waals surface area contributed by atoms with Crippen molar-refractivity contribution in [3.8, 4) is 0 Å². The van der Waals surface area contributed by atoms with Gasteiger partial charge in [0.25, 0.3) is 25.6 Å². The van der Waals surface area contributed by atoms with Crippen LogP contribution in [0.4, 0.5) is 17.1 Å². The van der Waals surface area contributed by atoms with Crippen LogP contribution in [0.3, 0.4) is 0 Å². The van der Waals surface area contributed by atoms with Gasteiger partial charge in [0.2, 0.25) is 5.91 Å². The second-order valence-corrected chi connectivity index (χ2v) is 12.2. The van der Waals surface area contributed by atoms with Gasteiger partial charge < -0.3 is 5.32 Å². The topological polar surface area (TPSA) is 176 Å². The van der Waals surface area contributed by atoms with Crippen molar-refractivity contribution in [3.05, 3.63) is 111 Å². The Kier molecular flexibility index (Phi) is 7.93. The van der Waals surface area contributed by atoms with Crippen molar-refractivity contribution in [2.45, 2.75) is 30.2 Å². The molecule has 4 rings (SSSR count). The maximum Gasteiger partial charge on any atom is 0.328 e. The summed E-state index contributed by atoms with van der Waals surface area (Å²) in [4.78, 5) is 37.7. The van der Waals surface area contributed by atoms with Crippen molar-refractivity contribution >= 4 is 43.0 Å². The van der Waals surface area contributed by atoms with Gasteiger partial charge in [-0.15, -0.1) is 0 Å². The molecule has 14 heteroatoms. The number of carbonyl (C=O) groups excluding carboxylic acids is 1. The molecule has 0 aliphatic carbocycles. The van der Waals surface area contributed by atoms with E-state index in [1.165, 1.54) is 42.5 Å². The SMILES string of the molecule is Cc1ccc(S(=O)(=O)Nc2ccc(NC(=O)Cn3ccc(=O)[nH]c3=O)cc2NS(=O)(=O)c2ccc(C)cc2)cc1. The molecule has 12 nitrogen and oxygen atoms in total. The van der Waals surface area contributed by atoms with E-state index >= 15 is 0 Å². The number of aryl methyl sites for hydroxylation is 2. The Labute approximate surface area is 229 Å². The summed E-state index contributed by atoms with van der Waals surface area (Å²) in [5, 5.41) is 2.53. The predicted octanol–water partition coefficient (Wildman–Crippen LogP) is 2.39. The number of hydrogen-bond donors (Lipinski definition) is 4. The second kappa shape index (κ2) is 11.2. The van der Waals surface area contributed by atoms with Gasteiger partial charge in [-0.3, -0.25) is 28.6 Å². The fourth-order valence-electron chi connectivity index (χ4n) is 3.56. The lowest BCUT2D eigenvalue weighted by molar-refractivity contribution is -0.116. The Morgan fingerprint density at radius 2 is 1.27 bits per heavy atom. The molecule has 3 aromatic carbocycles. The summed E-state index contributed by atoms with van der Waals surface area (Å²) >= 11 is 0. The van der Waals surface area contributed by atoms with Crippen LogP contribution in [-0.2, 0) is 31.4 Å². The number of rotatable bonds is 9. The van der Waals surface area contributed by atoms with Gasteiger partial charge in [0, 0.05) is 18.0 Å². The van der Waals surface area contributed by atoms with Crippen LogP contribution in [-0.4, -0.2) is 32.3 Å². The van der Waals surface area contributed by atoms with Crippen molar-refractivity contribution in [2.75, 3.05) is 14.8 Å². The summed E-state index contributed by atoms with van der Waals surface area (Å²) in [6.07, 6.45) is 1.16. The Bertz CT molecular complexity index is 1900. The summed E-state index contributed by atoms with van der Waals surface area (Å²) in [5.41, 5.74) is 0.168. The number of nitrogens with one attached hydrogen (secondary N) is 4. The predicted molar refractivity (Wildman–Crippen MR) is 150 cm³/mol. The summed E-state index contributed by atoms with van der Waals surface area (Å²) in [5.74, 6) is -0.658. The number of amides is 1. The van der Waals surface area contributed by atoms with Gasteiger partial charge in [-0.25, -0.2) is 21.6 Å². The molecule has 0 atom stereocenters. The number of nitrogens with zero attached hydrogens (tertiary/aromatic N) is 1. The standard InChI is InChI=1S/C26H25N5O7S2/c1-17-3-8-20(9-4-17)39(35,36)29-22-12-7-19(27-25(33)16-31-14-13-24(32)28-26(31)34)15-23(22)30-40(37,38)21-10-5-18(2)6-11-21/h3-15,29-30H,16H2,1-2H3,(H,27,33)(H,28,32,34). The lowest BCUT2D eigenvalue weighted by atomic mass is 10.2. The molecule has 4 N–H and O–H groups in total. The van der Waals surface area contributed by atoms with E-state index in [1.807, 2.05) is 11.9 Å². The molecule has 0 spiro atoms. The van der Waals surface area contributed by atoms with Gasteiger partial charge in [0.05, 0.1) is 21.2 Å². The van der Waals surface area contributed by atoms with Crippen molar-refractivity contribution in [1.29, 1.82) is 0 Å². The third kappa shape index (κ3) is 6.84. The van der Waals surface area contributed by atoms with Gasteiger partial charge in [-0.05, 0) is 56.3 Å². The molecule has 1 amide bonds. The monoisotopic (exact) mass is 583 g/mol. The number of H-pyrrole nitrogens is 1. The fraction of sp³-hybridized carbons (Fsp3) is 0.115. The highest BCUT2D eigenvalue weighted by atomic mass is 32.2. The normalized spacial score (nSPS) is 11.6. The summed E-state index contributed by atoms with van der Waals surface area (Å²) < 4.78 is 58.1. The number of carbonyl (C=O) groups is 1. The Hall–Kier alpha value is -4.69. The molecule has 0 unspecified atom stereocenters. The van der Waals surface area contributed by atoms with Crippen molar-refractivity contribution in [3.63, 3.8) is 0 Å². The van der Waals surface area contributed by atoms with Crippen molar-refractivity contribution in [1.82, 2.24) is 9.55 Å². The Balaban J connectivity index is 1.67. The molecule has 0 aliphatic rings.